The Bertz CT molecular complexity index is 888. The lowest BCUT2D eigenvalue weighted by Crippen LogP contribution is -2.12. The second kappa shape index (κ2) is 8.05. The quantitative estimate of drug-likeness (QED) is 0.647. The number of aromatic amines is 1. The molecule has 0 atom stereocenters. The van der Waals surface area contributed by atoms with E-state index in [1.165, 1.54) is 11.3 Å². The van der Waals surface area contributed by atoms with Crippen LogP contribution < -0.4 is 14.8 Å². The maximum atomic E-state index is 12.5. The number of H-pyrrole nitrogens is 1. The summed E-state index contributed by atoms with van der Waals surface area (Å²) in [5.74, 6) is 1.12. The van der Waals surface area contributed by atoms with Crippen LogP contribution in [0.4, 0.5) is 5.69 Å². The van der Waals surface area contributed by atoms with Gasteiger partial charge in [0.15, 0.2) is 11.5 Å². The number of methoxy groups -OCH3 is 2. The molecule has 1 amide bonds. The number of aromatic nitrogens is 2. The number of nitrogens with zero attached hydrogens (tertiary/aromatic N) is 1. The highest BCUT2D eigenvalue weighted by atomic mass is 32.1. The number of hydrogen-bond donors (Lipinski definition) is 2. The highest BCUT2D eigenvalue weighted by molar-refractivity contribution is 7.12. The Morgan fingerprint density at radius 1 is 1.23 bits per heavy atom. The van der Waals surface area contributed by atoms with Gasteiger partial charge in [0.2, 0.25) is 0 Å². The molecule has 2 N–H and O–H groups in total. The van der Waals surface area contributed by atoms with E-state index in [1.807, 2.05) is 29.6 Å². The lowest BCUT2D eigenvalue weighted by atomic mass is 10.1. The summed E-state index contributed by atoms with van der Waals surface area (Å²) in [5, 5.41) is 12.4. The summed E-state index contributed by atoms with van der Waals surface area (Å²) in [7, 11) is 3.19. The predicted octanol–water partition coefficient (Wildman–Crippen LogP) is 4.36. The van der Waals surface area contributed by atoms with Crippen LogP contribution in [0.5, 0.6) is 11.5 Å². The molecule has 0 radical (unpaired) electrons. The third kappa shape index (κ3) is 3.57. The van der Waals surface area contributed by atoms with Gasteiger partial charge in [-0.3, -0.25) is 9.89 Å². The zero-order chi connectivity index (χ0) is 18.5. The summed E-state index contributed by atoms with van der Waals surface area (Å²) < 4.78 is 10.7. The van der Waals surface area contributed by atoms with Crippen LogP contribution >= 0.6 is 11.3 Å². The van der Waals surface area contributed by atoms with Gasteiger partial charge in [-0.1, -0.05) is 19.4 Å². The van der Waals surface area contributed by atoms with Crippen LogP contribution in [-0.2, 0) is 6.42 Å². The summed E-state index contributed by atoms with van der Waals surface area (Å²) in [6, 6.07) is 9.24. The van der Waals surface area contributed by atoms with Gasteiger partial charge in [0.25, 0.3) is 5.91 Å². The Balaban J connectivity index is 2.01. The van der Waals surface area contributed by atoms with E-state index in [0.717, 1.165) is 24.1 Å². The first-order chi connectivity index (χ1) is 12.7. The summed E-state index contributed by atoms with van der Waals surface area (Å²) >= 11 is 1.41. The van der Waals surface area contributed by atoms with Gasteiger partial charge in [-0.05, 0) is 36.1 Å². The number of amides is 1. The SMILES string of the molecule is CCCc1[nH]nc(-c2ccc(OC)c(OC)c2)c1NC(=O)c1cccs1. The first kappa shape index (κ1) is 18.0. The molecule has 0 spiro atoms. The number of anilines is 1. The van der Waals surface area contributed by atoms with Crippen molar-refractivity contribution in [3.05, 3.63) is 46.3 Å². The second-order valence-corrected chi connectivity index (χ2v) is 6.62. The number of ether oxygens (including phenoxy) is 2. The molecule has 3 aromatic rings. The standard InChI is InChI=1S/C19H21N3O3S/c1-4-6-13-18(20-19(23)16-7-5-10-26-16)17(22-21-13)12-8-9-14(24-2)15(11-12)25-3/h5,7-11H,4,6H2,1-3H3,(H,20,23)(H,21,22). The van der Waals surface area contributed by atoms with Gasteiger partial charge in [-0.2, -0.15) is 5.10 Å². The molecule has 0 aliphatic heterocycles. The van der Waals surface area contributed by atoms with Gasteiger partial charge in [0, 0.05) is 5.56 Å². The van der Waals surface area contributed by atoms with Crippen molar-refractivity contribution in [3.63, 3.8) is 0 Å². The monoisotopic (exact) mass is 371 g/mol. The molecule has 7 heteroatoms. The van der Waals surface area contributed by atoms with Crippen LogP contribution in [0.2, 0.25) is 0 Å². The van der Waals surface area contributed by atoms with Crippen LogP contribution in [0.15, 0.2) is 35.7 Å². The Hall–Kier alpha value is -2.80. The van der Waals surface area contributed by atoms with E-state index in [9.17, 15) is 4.79 Å². The van der Waals surface area contributed by atoms with Gasteiger partial charge < -0.3 is 14.8 Å². The van der Waals surface area contributed by atoms with Crippen molar-refractivity contribution in [2.45, 2.75) is 19.8 Å². The minimum atomic E-state index is -0.138. The van der Waals surface area contributed by atoms with E-state index in [2.05, 4.69) is 22.4 Å². The average molecular weight is 371 g/mol. The van der Waals surface area contributed by atoms with E-state index in [4.69, 9.17) is 9.47 Å². The van der Waals surface area contributed by atoms with Gasteiger partial charge in [0.05, 0.1) is 30.5 Å². The van der Waals surface area contributed by atoms with Crippen LogP contribution in [0.1, 0.15) is 28.7 Å². The maximum absolute atomic E-state index is 12.5. The van der Waals surface area contributed by atoms with Crippen molar-refractivity contribution >= 4 is 22.9 Å². The van der Waals surface area contributed by atoms with Gasteiger partial charge in [0.1, 0.15) is 5.69 Å². The lowest BCUT2D eigenvalue weighted by molar-refractivity contribution is 0.103. The molecule has 0 saturated carbocycles. The van der Waals surface area contributed by atoms with Gasteiger partial charge >= 0.3 is 0 Å². The van der Waals surface area contributed by atoms with Crippen LogP contribution in [0.3, 0.4) is 0 Å². The van der Waals surface area contributed by atoms with Gasteiger partial charge in [-0.15, -0.1) is 11.3 Å². The van der Waals surface area contributed by atoms with Crippen molar-refractivity contribution < 1.29 is 14.3 Å². The fraction of sp³-hybridized carbons (Fsp3) is 0.263. The first-order valence-electron chi connectivity index (χ1n) is 8.32. The number of carbonyl (C=O) groups excluding carboxylic acids is 1. The fourth-order valence-corrected chi connectivity index (χ4v) is 3.34. The van der Waals surface area contributed by atoms with E-state index in [0.29, 0.717) is 27.8 Å². The van der Waals surface area contributed by atoms with E-state index in [1.54, 1.807) is 20.3 Å². The number of rotatable bonds is 7. The lowest BCUT2D eigenvalue weighted by Gasteiger charge is -2.11. The molecule has 136 valence electrons. The Kier molecular flexibility index (Phi) is 5.58. The zero-order valence-electron chi connectivity index (χ0n) is 15.0. The minimum Gasteiger partial charge on any atom is -0.493 e. The zero-order valence-corrected chi connectivity index (χ0v) is 15.8. The van der Waals surface area contributed by atoms with Crippen molar-refractivity contribution in [2.75, 3.05) is 19.5 Å². The molecule has 26 heavy (non-hydrogen) atoms. The molecule has 2 heterocycles. The number of carbonyl (C=O) groups is 1. The predicted molar refractivity (Wildman–Crippen MR) is 103 cm³/mol. The number of aryl methyl sites for hydroxylation is 1. The summed E-state index contributed by atoms with van der Waals surface area (Å²) in [5.41, 5.74) is 3.13. The largest absolute Gasteiger partial charge is 0.493 e. The van der Waals surface area contributed by atoms with E-state index >= 15 is 0 Å². The molecule has 0 fully saturated rings. The molecule has 0 unspecified atom stereocenters. The molecule has 0 bridgehead atoms. The molecule has 1 aromatic carbocycles. The molecule has 3 rings (SSSR count). The Morgan fingerprint density at radius 3 is 2.69 bits per heavy atom. The van der Waals surface area contributed by atoms with Crippen molar-refractivity contribution in [1.29, 1.82) is 0 Å². The Morgan fingerprint density at radius 2 is 2.04 bits per heavy atom. The summed E-state index contributed by atoms with van der Waals surface area (Å²) in [6.07, 6.45) is 1.73. The molecular weight excluding hydrogens is 350 g/mol. The normalized spacial score (nSPS) is 10.6. The number of hydrogen-bond acceptors (Lipinski definition) is 5. The topological polar surface area (TPSA) is 76.2 Å². The fourth-order valence-electron chi connectivity index (χ4n) is 2.72. The first-order valence-corrected chi connectivity index (χ1v) is 9.20. The van der Waals surface area contributed by atoms with E-state index in [-0.39, 0.29) is 5.91 Å². The molecule has 6 nitrogen and oxygen atoms in total. The molecule has 2 aromatic heterocycles. The molecule has 0 saturated heterocycles. The number of thiophene rings is 1. The highest BCUT2D eigenvalue weighted by Gasteiger charge is 2.19. The smallest absolute Gasteiger partial charge is 0.265 e. The average Bonchev–Trinajstić information content (AvgIpc) is 3.32. The van der Waals surface area contributed by atoms with Crippen LogP contribution in [0, 0.1) is 0 Å². The van der Waals surface area contributed by atoms with Gasteiger partial charge in [-0.25, -0.2) is 0 Å². The molecule has 0 aliphatic rings. The summed E-state index contributed by atoms with van der Waals surface area (Å²) in [6.45, 7) is 2.09. The van der Waals surface area contributed by atoms with Crippen molar-refractivity contribution in [3.8, 4) is 22.8 Å². The summed E-state index contributed by atoms with van der Waals surface area (Å²) in [4.78, 5) is 13.2. The third-order valence-corrected chi connectivity index (χ3v) is 4.85. The third-order valence-electron chi connectivity index (χ3n) is 3.98. The molecular formula is C19H21N3O3S. The number of benzene rings is 1. The van der Waals surface area contributed by atoms with Crippen LogP contribution in [-0.4, -0.2) is 30.3 Å². The van der Waals surface area contributed by atoms with E-state index < -0.39 is 0 Å². The number of nitrogens with one attached hydrogen (secondary N) is 2. The minimum absolute atomic E-state index is 0.138. The molecule has 0 aliphatic carbocycles. The highest BCUT2D eigenvalue weighted by Crippen LogP contribution is 2.36. The second-order valence-electron chi connectivity index (χ2n) is 5.68. The Labute approximate surface area is 156 Å². The van der Waals surface area contributed by atoms with Crippen LogP contribution in [0.25, 0.3) is 11.3 Å². The van der Waals surface area contributed by atoms with Crippen molar-refractivity contribution in [1.82, 2.24) is 10.2 Å². The van der Waals surface area contributed by atoms with Crippen molar-refractivity contribution in [2.24, 2.45) is 0 Å². The maximum Gasteiger partial charge on any atom is 0.265 e.